The summed E-state index contributed by atoms with van der Waals surface area (Å²) in [5, 5.41) is 13.3. The Labute approximate surface area is 232 Å². The second kappa shape index (κ2) is 12.9. The van der Waals surface area contributed by atoms with Crippen molar-refractivity contribution in [1.29, 1.82) is 0 Å². The Morgan fingerprint density at radius 3 is 2.72 bits per heavy atom. The van der Waals surface area contributed by atoms with Gasteiger partial charge in [-0.15, -0.1) is 0 Å². The van der Waals surface area contributed by atoms with Gasteiger partial charge in [-0.1, -0.05) is 36.5 Å². The maximum Gasteiger partial charge on any atom is 0.459 e. The first kappa shape index (κ1) is 31.3. The zero-order valence-electron chi connectivity index (χ0n) is 21.3. The summed E-state index contributed by atoms with van der Waals surface area (Å²) < 4.78 is 51.7. The van der Waals surface area contributed by atoms with Crippen molar-refractivity contribution < 1.29 is 37.4 Å². The molecule has 3 N–H and O–H groups in total. The predicted molar refractivity (Wildman–Crippen MR) is 140 cm³/mol. The van der Waals surface area contributed by atoms with E-state index in [0.29, 0.717) is 6.42 Å². The van der Waals surface area contributed by atoms with Crippen LogP contribution in [0, 0.1) is 0 Å². The van der Waals surface area contributed by atoms with Crippen molar-refractivity contribution in [1.82, 2.24) is 14.6 Å². The molecule has 2 unspecified atom stereocenters. The number of benzene rings is 1. The number of aromatic nitrogens is 2. The first-order chi connectivity index (χ1) is 18.3. The van der Waals surface area contributed by atoms with Crippen molar-refractivity contribution in [2.75, 3.05) is 13.2 Å². The van der Waals surface area contributed by atoms with Gasteiger partial charge in [0.1, 0.15) is 24.0 Å². The largest absolute Gasteiger partial charge is 0.465 e. The summed E-state index contributed by atoms with van der Waals surface area (Å²) in [5.41, 5.74) is -4.19. The highest BCUT2D eigenvalue weighted by Gasteiger charge is 2.56. The average molecular weight is 612 g/mol. The molecule has 0 spiro atoms. The van der Waals surface area contributed by atoms with Gasteiger partial charge in [0.05, 0.1) is 18.2 Å². The number of halogens is 3. The minimum absolute atomic E-state index is 0.0164. The summed E-state index contributed by atoms with van der Waals surface area (Å²) in [7, 11) is -4.47. The number of unbranched alkanes of at least 4 members (excludes halogenated alkanes) is 1. The molecule has 2 heterocycles. The minimum Gasteiger partial charge on any atom is -0.465 e. The van der Waals surface area contributed by atoms with Gasteiger partial charge >= 0.3 is 19.4 Å². The van der Waals surface area contributed by atoms with Gasteiger partial charge in [-0.05, 0) is 38.5 Å². The van der Waals surface area contributed by atoms with Crippen LogP contribution in [0.15, 0.2) is 40.1 Å². The summed E-state index contributed by atoms with van der Waals surface area (Å²) in [6.45, 7) is 3.73. The van der Waals surface area contributed by atoms with Gasteiger partial charge in [-0.2, -0.15) is 5.09 Å². The highest BCUT2D eigenvalue weighted by molar-refractivity contribution is 7.52. The van der Waals surface area contributed by atoms with Crippen LogP contribution in [0.2, 0.25) is 10.0 Å². The van der Waals surface area contributed by atoms with Crippen LogP contribution in [0.3, 0.4) is 0 Å². The Morgan fingerprint density at radius 1 is 1.36 bits per heavy atom. The topological polar surface area (TPSA) is 158 Å². The highest BCUT2D eigenvalue weighted by atomic mass is 35.5. The molecule has 1 fully saturated rings. The maximum absolute atomic E-state index is 15.5. The normalized spacial score (nSPS) is 25.2. The Balaban J connectivity index is 1.82. The summed E-state index contributed by atoms with van der Waals surface area (Å²) in [5.74, 6) is -0.839. The molecule has 0 bridgehead atoms. The van der Waals surface area contributed by atoms with Gasteiger partial charge in [0.2, 0.25) is 0 Å². The van der Waals surface area contributed by atoms with Crippen LogP contribution in [0.1, 0.15) is 39.8 Å². The molecule has 1 aliphatic rings. The number of ether oxygens (including phenoxy) is 2. The number of hydrogen-bond donors (Lipinski definition) is 3. The molecule has 39 heavy (non-hydrogen) atoms. The van der Waals surface area contributed by atoms with E-state index in [1.54, 1.807) is 0 Å². The third-order valence-electron chi connectivity index (χ3n) is 5.79. The van der Waals surface area contributed by atoms with Crippen molar-refractivity contribution in [3.05, 3.63) is 61.3 Å². The number of aliphatic hydroxyl groups is 1. The lowest BCUT2D eigenvalue weighted by Gasteiger charge is -2.25. The fourth-order valence-electron chi connectivity index (χ4n) is 3.63. The summed E-state index contributed by atoms with van der Waals surface area (Å²) in [4.78, 5) is 37.9. The molecule has 16 heteroatoms. The Kier molecular flexibility index (Phi) is 10.4. The van der Waals surface area contributed by atoms with E-state index in [-0.39, 0.29) is 22.4 Å². The molecule has 0 aliphatic carbocycles. The molecule has 1 aromatic heterocycles. The number of esters is 1. The van der Waals surface area contributed by atoms with E-state index >= 15 is 4.39 Å². The molecule has 1 saturated heterocycles. The lowest BCUT2D eigenvalue weighted by Crippen LogP contribution is -2.43. The van der Waals surface area contributed by atoms with E-state index in [2.05, 4.69) is 5.09 Å². The number of aliphatic hydroxyl groups excluding tert-OH is 1. The molecule has 0 saturated carbocycles. The molecule has 0 amide bonds. The van der Waals surface area contributed by atoms with E-state index in [9.17, 15) is 24.1 Å². The van der Waals surface area contributed by atoms with Crippen molar-refractivity contribution in [3.63, 3.8) is 0 Å². The van der Waals surface area contributed by atoms with Gasteiger partial charge < -0.3 is 19.1 Å². The van der Waals surface area contributed by atoms with Gasteiger partial charge in [-0.25, -0.2) is 13.8 Å². The van der Waals surface area contributed by atoms with Crippen LogP contribution >= 0.6 is 30.9 Å². The van der Waals surface area contributed by atoms with E-state index in [4.69, 9.17) is 41.7 Å². The van der Waals surface area contributed by atoms with Crippen molar-refractivity contribution in [3.8, 4) is 5.75 Å². The maximum atomic E-state index is 15.5. The molecule has 216 valence electrons. The number of carbonyl (C=O) groups is 1. The first-order valence-corrected chi connectivity index (χ1v) is 14.2. The van der Waals surface area contributed by atoms with Crippen LogP contribution in [0.25, 0.3) is 0 Å². The zero-order chi connectivity index (χ0) is 29.0. The van der Waals surface area contributed by atoms with Crippen molar-refractivity contribution in [2.45, 2.75) is 63.8 Å². The SMILES string of the molecule is CCCCOC(=O)[C@H](C)NP(=O)(OC[C@H]1OC(n2ccc(=O)[nH]c2=O)[C@](C)(F)[C@@H]1O)Oc1ccc(Cl)cc1Cl. The summed E-state index contributed by atoms with van der Waals surface area (Å²) >= 11 is 12.1. The van der Waals surface area contributed by atoms with E-state index in [1.807, 2.05) is 11.9 Å². The first-order valence-electron chi connectivity index (χ1n) is 11.9. The van der Waals surface area contributed by atoms with Gasteiger partial charge in [0.15, 0.2) is 11.9 Å². The van der Waals surface area contributed by atoms with E-state index < -0.39 is 61.7 Å². The number of H-pyrrole nitrogens is 1. The van der Waals surface area contributed by atoms with Gasteiger partial charge in [0.25, 0.3) is 5.56 Å². The molecule has 3 rings (SSSR count). The number of nitrogens with one attached hydrogen (secondary N) is 2. The van der Waals surface area contributed by atoms with Crippen molar-refractivity contribution in [2.24, 2.45) is 0 Å². The summed E-state index contributed by atoms with van der Waals surface area (Å²) in [6, 6.07) is 3.88. The van der Waals surface area contributed by atoms with Crippen molar-refractivity contribution >= 4 is 36.9 Å². The minimum atomic E-state index is -4.47. The zero-order valence-corrected chi connectivity index (χ0v) is 23.7. The Morgan fingerprint density at radius 2 is 2.08 bits per heavy atom. The molecule has 0 radical (unpaired) electrons. The van der Waals surface area contributed by atoms with E-state index in [1.165, 1.54) is 25.1 Å². The van der Waals surface area contributed by atoms with Crippen LogP contribution in [-0.2, 0) is 23.4 Å². The molecule has 1 aliphatic heterocycles. The highest BCUT2D eigenvalue weighted by Crippen LogP contribution is 2.49. The smallest absolute Gasteiger partial charge is 0.459 e. The Bertz CT molecular complexity index is 1340. The molecule has 6 atom stereocenters. The standard InChI is InChI=1S/C23H29Cl2FN3O9P/c1-4-5-10-35-20(32)13(2)28-39(34,38-16-7-6-14(24)11-15(16)25)36-12-17-19(31)23(3,26)21(37-17)29-9-8-18(30)27-22(29)33/h6-9,11,13,17,19,21,31H,4-5,10,12H2,1-3H3,(H,28,34)(H,27,30,33)/t13-,17+,19+,21?,23+,39?/m0/s1. The predicted octanol–water partition coefficient (Wildman–Crippen LogP) is 3.36. The lowest BCUT2D eigenvalue weighted by atomic mass is 9.98. The van der Waals surface area contributed by atoms with Crippen LogP contribution in [-0.4, -0.2) is 57.8 Å². The number of rotatable bonds is 12. The molecule has 2 aromatic rings. The van der Waals surface area contributed by atoms with Crippen LogP contribution < -0.4 is 20.9 Å². The number of hydrogen-bond acceptors (Lipinski definition) is 9. The number of carbonyl (C=O) groups excluding carboxylic acids is 1. The quantitative estimate of drug-likeness (QED) is 0.184. The second-order valence-electron chi connectivity index (χ2n) is 8.97. The lowest BCUT2D eigenvalue weighted by molar-refractivity contribution is -0.145. The number of aromatic amines is 1. The second-order valence-corrected chi connectivity index (χ2v) is 11.5. The van der Waals surface area contributed by atoms with E-state index in [0.717, 1.165) is 30.2 Å². The van der Waals surface area contributed by atoms with Crippen LogP contribution in [0.5, 0.6) is 5.75 Å². The summed E-state index contributed by atoms with van der Waals surface area (Å²) in [6.07, 6.45) is -2.53. The number of alkyl halides is 1. The fraction of sp³-hybridized carbons (Fsp3) is 0.522. The fourth-order valence-corrected chi connectivity index (χ4v) is 5.66. The molecule has 12 nitrogen and oxygen atoms in total. The van der Waals surface area contributed by atoms with Gasteiger partial charge in [0, 0.05) is 17.3 Å². The average Bonchev–Trinajstić information content (AvgIpc) is 3.08. The Hall–Kier alpha value is -2.25. The monoisotopic (exact) mass is 611 g/mol. The molecular weight excluding hydrogens is 583 g/mol. The molecular formula is C23H29Cl2FN3O9P. The van der Waals surface area contributed by atoms with Gasteiger partial charge in [-0.3, -0.25) is 23.7 Å². The third-order valence-corrected chi connectivity index (χ3v) is 7.95. The van der Waals surface area contributed by atoms with Crippen LogP contribution in [0.4, 0.5) is 4.39 Å². The number of nitrogens with zero attached hydrogens (tertiary/aromatic N) is 1. The molecule has 1 aromatic carbocycles. The third kappa shape index (κ3) is 7.69.